The summed E-state index contributed by atoms with van der Waals surface area (Å²) in [5, 5.41) is 8.96. The summed E-state index contributed by atoms with van der Waals surface area (Å²) in [7, 11) is 0. The Morgan fingerprint density at radius 3 is 2.56 bits per heavy atom. The van der Waals surface area contributed by atoms with Crippen molar-refractivity contribution in [3.05, 3.63) is 35.1 Å². The summed E-state index contributed by atoms with van der Waals surface area (Å²) in [5.74, 6) is -0.172. The number of rotatable bonds is 0. The van der Waals surface area contributed by atoms with Gasteiger partial charge in [-0.1, -0.05) is 6.07 Å². The van der Waals surface area contributed by atoms with Gasteiger partial charge in [0.2, 0.25) is 0 Å². The van der Waals surface area contributed by atoms with Gasteiger partial charge in [-0.05, 0) is 54.4 Å². The SMILES string of the molecule is O=C(O)N1CCC2(CC1)Cc1ccc(F)cc1C2. The molecular formula is C14H16FNO2. The van der Waals surface area contributed by atoms with Crippen LogP contribution in [0.25, 0.3) is 0 Å². The average Bonchev–Trinajstić information content (AvgIpc) is 2.66. The molecule has 1 saturated heterocycles. The van der Waals surface area contributed by atoms with E-state index in [2.05, 4.69) is 0 Å². The van der Waals surface area contributed by atoms with Crippen molar-refractivity contribution >= 4 is 6.09 Å². The van der Waals surface area contributed by atoms with Gasteiger partial charge in [0, 0.05) is 13.1 Å². The van der Waals surface area contributed by atoms with Crippen LogP contribution in [0, 0.1) is 11.2 Å². The molecule has 1 aliphatic heterocycles. The molecule has 18 heavy (non-hydrogen) atoms. The van der Waals surface area contributed by atoms with Crippen LogP contribution in [0.5, 0.6) is 0 Å². The molecule has 96 valence electrons. The Balaban J connectivity index is 1.76. The van der Waals surface area contributed by atoms with E-state index in [1.165, 1.54) is 16.5 Å². The number of benzene rings is 1. The summed E-state index contributed by atoms with van der Waals surface area (Å²) >= 11 is 0. The van der Waals surface area contributed by atoms with Crippen LogP contribution in [0.3, 0.4) is 0 Å². The fraction of sp³-hybridized carbons (Fsp3) is 0.500. The third-order valence-corrected chi connectivity index (χ3v) is 4.39. The zero-order valence-electron chi connectivity index (χ0n) is 10.2. The number of hydrogen-bond acceptors (Lipinski definition) is 1. The second-order valence-corrected chi connectivity index (χ2v) is 5.54. The van der Waals surface area contributed by atoms with Crippen molar-refractivity contribution < 1.29 is 14.3 Å². The molecule has 3 rings (SSSR count). The highest BCUT2D eigenvalue weighted by Gasteiger charge is 2.40. The highest BCUT2D eigenvalue weighted by atomic mass is 19.1. The van der Waals surface area contributed by atoms with Crippen LogP contribution in [0.1, 0.15) is 24.0 Å². The summed E-state index contributed by atoms with van der Waals surface area (Å²) in [6.45, 7) is 1.21. The maximum Gasteiger partial charge on any atom is 0.407 e. The first-order valence-corrected chi connectivity index (χ1v) is 6.33. The molecule has 0 unspecified atom stereocenters. The second kappa shape index (κ2) is 3.97. The van der Waals surface area contributed by atoms with E-state index in [1.54, 1.807) is 6.07 Å². The van der Waals surface area contributed by atoms with Crippen molar-refractivity contribution in [3.8, 4) is 0 Å². The standard InChI is InChI=1S/C14H16FNO2/c15-12-2-1-10-8-14(9-11(10)7-12)3-5-16(6-4-14)13(17)18/h1-2,7H,3-6,8-9H2,(H,17,18). The molecule has 1 aromatic carbocycles. The number of fused-ring (bicyclic) bond motifs is 1. The summed E-state index contributed by atoms with van der Waals surface area (Å²) in [5.41, 5.74) is 2.51. The van der Waals surface area contributed by atoms with E-state index in [9.17, 15) is 9.18 Å². The van der Waals surface area contributed by atoms with Crippen LogP contribution in [0.15, 0.2) is 18.2 Å². The van der Waals surface area contributed by atoms with Crippen molar-refractivity contribution in [1.82, 2.24) is 4.90 Å². The number of amides is 1. The molecule has 4 heteroatoms. The van der Waals surface area contributed by atoms with Gasteiger partial charge in [0.1, 0.15) is 5.82 Å². The van der Waals surface area contributed by atoms with Gasteiger partial charge in [0.05, 0.1) is 0 Å². The molecule has 0 saturated carbocycles. The Morgan fingerprint density at radius 1 is 1.22 bits per heavy atom. The van der Waals surface area contributed by atoms with E-state index in [1.807, 2.05) is 6.07 Å². The molecule has 1 amide bonds. The van der Waals surface area contributed by atoms with Gasteiger partial charge in [-0.3, -0.25) is 0 Å². The lowest BCUT2D eigenvalue weighted by Gasteiger charge is -2.38. The molecule has 1 N–H and O–H groups in total. The number of hydrogen-bond donors (Lipinski definition) is 1. The zero-order chi connectivity index (χ0) is 12.8. The van der Waals surface area contributed by atoms with Crippen LogP contribution >= 0.6 is 0 Å². The highest BCUT2D eigenvalue weighted by molar-refractivity contribution is 5.65. The lowest BCUT2D eigenvalue weighted by Crippen LogP contribution is -2.43. The second-order valence-electron chi connectivity index (χ2n) is 5.54. The van der Waals surface area contributed by atoms with Crippen LogP contribution in [-0.2, 0) is 12.8 Å². The third kappa shape index (κ3) is 1.85. The Morgan fingerprint density at radius 2 is 1.89 bits per heavy atom. The minimum atomic E-state index is -0.827. The first-order valence-electron chi connectivity index (χ1n) is 6.33. The van der Waals surface area contributed by atoms with E-state index in [4.69, 9.17) is 5.11 Å². The van der Waals surface area contributed by atoms with Gasteiger partial charge < -0.3 is 10.0 Å². The molecule has 1 spiro atoms. The maximum absolute atomic E-state index is 13.2. The zero-order valence-corrected chi connectivity index (χ0v) is 10.2. The van der Waals surface area contributed by atoms with Crippen molar-refractivity contribution in [1.29, 1.82) is 0 Å². The molecule has 1 aromatic rings. The number of halogens is 1. The van der Waals surface area contributed by atoms with Gasteiger partial charge in [0.15, 0.2) is 0 Å². The molecule has 0 atom stereocenters. The molecule has 2 aliphatic rings. The summed E-state index contributed by atoms with van der Waals surface area (Å²) in [6.07, 6.45) is 2.81. The predicted molar refractivity (Wildman–Crippen MR) is 65.1 cm³/mol. The van der Waals surface area contributed by atoms with Crippen molar-refractivity contribution in [3.63, 3.8) is 0 Å². The summed E-state index contributed by atoms with van der Waals surface area (Å²) < 4.78 is 13.2. The lowest BCUT2D eigenvalue weighted by atomic mass is 9.76. The monoisotopic (exact) mass is 249 g/mol. The summed E-state index contributed by atoms with van der Waals surface area (Å²) in [4.78, 5) is 12.4. The van der Waals surface area contributed by atoms with Crippen LogP contribution in [-0.4, -0.2) is 29.2 Å². The molecule has 0 bridgehead atoms. The van der Waals surface area contributed by atoms with E-state index in [0.29, 0.717) is 13.1 Å². The van der Waals surface area contributed by atoms with E-state index >= 15 is 0 Å². The average molecular weight is 249 g/mol. The maximum atomic E-state index is 13.2. The fourth-order valence-corrected chi connectivity index (χ4v) is 3.33. The number of piperidine rings is 1. The van der Waals surface area contributed by atoms with E-state index < -0.39 is 6.09 Å². The number of carboxylic acid groups (broad SMARTS) is 1. The molecule has 1 fully saturated rings. The van der Waals surface area contributed by atoms with Crippen LogP contribution < -0.4 is 0 Å². The lowest BCUT2D eigenvalue weighted by molar-refractivity contribution is 0.0938. The Hall–Kier alpha value is -1.58. The predicted octanol–water partition coefficient (Wildman–Crippen LogP) is 2.68. The Labute approximate surface area is 105 Å². The Bertz CT molecular complexity index is 493. The van der Waals surface area contributed by atoms with E-state index in [-0.39, 0.29) is 11.2 Å². The topological polar surface area (TPSA) is 40.5 Å². The number of carbonyl (C=O) groups is 1. The Kier molecular flexibility index (Phi) is 2.54. The molecule has 0 aromatic heterocycles. The highest BCUT2D eigenvalue weighted by Crippen LogP contribution is 2.44. The van der Waals surface area contributed by atoms with Crippen LogP contribution in [0.2, 0.25) is 0 Å². The smallest absolute Gasteiger partial charge is 0.407 e. The van der Waals surface area contributed by atoms with Crippen molar-refractivity contribution in [2.24, 2.45) is 5.41 Å². The molecule has 1 aliphatic carbocycles. The number of likely N-dealkylation sites (tertiary alicyclic amines) is 1. The van der Waals surface area contributed by atoms with Crippen molar-refractivity contribution in [2.75, 3.05) is 13.1 Å². The van der Waals surface area contributed by atoms with Gasteiger partial charge in [0.25, 0.3) is 0 Å². The van der Waals surface area contributed by atoms with Crippen molar-refractivity contribution in [2.45, 2.75) is 25.7 Å². The van der Waals surface area contributed by atoms with E-state index in [0.717, 1.165) is 31.2 Å². The van der Waals surface area contributed by atoms with Gasteiger partial charge in [-0.25, -0.2) is 9.18 Å². The van der Waals surface area contributed by atoms with Gasteiger partial charge in [-0.2, -0.15) is 0 Å². The van der Waals surface area contributed by atoms with Crippen LogP contribution in [0.4, 0.5) is 9.18 Å². The summed E-state index contributed by atoms with van der Waals surface area (Å²) in [6, 6.07) is 5.03. The first-order chi connectivity index (χ1) is 8.58. The minimum absolute atomic E-state index is 0.169. The quantitative estimate of drug-likeness (QED) is 0.768. The molecule has 3 nitrogen and oxygen atoms in total. The third-order valence-electron chi connectivity index (χ3n) is 4.39. The normalized spacial score (nSPS) is 21.1. The minimum Gasteiger partial charge on any atom is -0.465 e. The first kappa shape index (κ1) is 11.5. The van der Waals surface area contributed by atoms with Gasteiger partial charge in [-0.15, -0.1) is 0 Å². The number of nitrogens with zero attached hydrogens (tertiary/aromatic N) is 1. The molecule has 1 heterocycles. The molecular weight excluding hydrogens is 233 g/mol. The van der Waals surface area contributed by atoms with Gasteiger partial charge >= 0.3 is 6.09 Å². The molecule has 0 radical (unpaired) electrons. The fourth-order valence-electron chi connectivity index (χ4n) is 3.33. The largest absolute Gasteiger partial charge is 0.465 e.